The number of hydrogen-bond donors (Lipinski definition) is 1. The molecular formula is C15H14N2O2. The van der Waals surface area contributed by atoms with Crippen LogP contribution in [-0.2, 0) is 9.59 Å². The molecule has 1 saturated heterocycles. The number of rotatable bonds is 2. The highest BCUT2D eigenvalue weighted by Crippen LogP contribution is 2.52. The van der Waals surface area contributed by atoms with Crippen LogP contribution >= 0.6 is 0 Å². The molecule has 0 spiro atoms. The van der Waals surface area contributed by atoms with E-state index >= 15 is 0 Å². The van der Waals surface area contributed by atoms with Gasteiger partial charge in [0.2, 0.25) is 0 Å². The predicted octanol–water partition coefficient (Wildman–Crippen LogP) is 1.82. The van der Waals surface area contributed by atoms with Gasteiger partial charge in [-0.05, 0) is 30.4 Å². The second kappa shape index (κ2) is 3.70. The van der Waals surface area contributed by atoms with E-state index in [1.54, 1.807) is 0 Å². The number of imide groups is 1. The SMILES string of the molecule is O=C1[C@@H]2[C@@H](C(=O)N1Nc1ccccc1)[C@@H]1C=C[C@@H]2C1. The van der Waals surface area contributed by atoms with Gasteiger partial charge in [0.15, 0.2) is 0 Å². The molecule has 1 aliphatic heterocycles. The number of allylic oxidation sites excluding steroid dienone is 2. The fourth-order valence-electron chi connectivity index (χ4n) is 3.65. The molecule has 4 heteroatoms. The summed E-state index contributed by atoms with van der Waals surface area (Å²) in [5, 5.41) is 1.22. The minimum atomic E-state index is -0.140. The number of nitrogens with zero attached hydrogens (tertiary/aromatic N) is 1. The summed E-state index contributed by atoms with van der Waals surface area (Å²) in [7, 11) is 0. The lowest BCUT2D eigenvalue weighted by Gasteiger charge is -2.19. The summed E-state index contributed by atoms with van der Waals surface area (Å²) in [6.45, 7) is 0. The van der Waals surface area contributed by atoms with E-state index in [9.17, 15) is 9.59 Å². The first-order valence-electron chi connectivity index (χ1n) is 6.63. The van der Waals surface area contributed by atoms with Gasteiger partial charge in [-0.1, -0.05) is 30.4 Å². The predicted molar refractivity (Wildman–Crippen MR) is 69.6 cm³/mol. The number of fused-ring (bicyclic) bond motifs is 5. The molecule has 0 radical (unpaired) electrons. The Morgan fingerprint density at radius 2 is 1.53 bits per heavy atom. The molecular weight excluding hydrogens is 240 g/mol. The van der Waals surface area contributed by atoms with Crippen molar-refractivity contribution in [3.8, 4) is 0 Å². The topological polar surface area (TPSA) is 49.4 Å². The zero-order valence-corrected chi connectivity index (χ0v) is 10.3. The number of nitrogens with one attached hydrogen (secondary N) is 1. The number of anilines is 1. The number of hydrazine groups is 1. The summed E-state index contributed by atoms with van der Waals surface area (Å²) in [6, 6.07) is 9.35. The van der Waals surface area contributed by atoms with E-state index in [-0.39, 0.29) is 35.5 Å². The van der Waals surface area contributed by atoms with Crippen molar-refractivity contribution in [3.63, 3.8) is 0 Å². The van der Waals surface area contributed by atoms with Crippen molar-refractivity contribution in [2.24, 2.45) is 23.7 Å². The van der Waals surface area contributed by atoms with Crippen molar-refractivity contribution >= 4 is 17.5 Å². The summed E-state index contributed by atoms with van der Waals surface area (Å²) in [5.74, 6) is 0.0897. The maximum Gasteiger partial charge on any atom is 0.252 e. The van der Waals surface area contributed by atoms with Crippen LogP contribution in [0, 0.1) is 23.7 Å². The van der Waals surface area contributed by atoms with Crippen molar-refractivity contribution in [2.45, 2.75) is 6.42 Å². The summed E-state index contributed by atoms with van der Waals surface area (Å²) < 4.78 is 0. The minimum Gasteiger partial charge on any atom is -0.289 e. The zero-order chi connectivity index (χ0) is 13.0. The highest BCUT2D eigenvalue weighted by atomic mass is 16.2. The molecule has 2 fully saturated rings. The lowest BCUT2D eigenvalue weighted by atomic mass is 9.85. The molecule has 2 amide bonds. The van der Waals surface area contributed by atoms with Gasteiger partial charge >= 0.3 is 0 Å². The summed E-state index contributed by atoms with van der Waals surface area (Å²) in [5.41, 5.74) is 3.71. The third kappa shape index (κ3) is 1.40. The van der Waals surface area contributed by atoms with Gasteiger partial charge < -0.3 is 0 Å². The monoisotopic (exact) mass is 254 g/mol. The Balaban J connectivity index is 1.62. The van der Waals surface area contributed by atoms with E-state index in [2.05, 4.69) is 17.6 Å². The fraction of sp³-hybridized carbons (Fsp3) is 0.333. The Kier molecular flexibility index (Phi) is 2.10. The number of benzene rings is 1. The van der Waals surface area contributed by atoms with E-state index in [1.165, 1.54) is 5.01 Å². The molecule has 19 heavy (non-hydrogen) atoms. The third-order valence-corrected chi connectivity index (χ3v) is 4.49. The van der Waals surface area contributed by atoms with Gasteiger partial charge in [0, 0.05) is 0 Å². The van der Waals surface area contributed by atoms with Crippen LogP contribution in [0.4, 0.5) is 5.69 Å². The molecule has 96 valence electrons. The lowest BCUT2D eigenvalue weighted by molar-refractivity contribution is -0.139. The molecule has 2 bridgehead atoms. The first kappa shape index (κ1) is 10.8. The van der Waals surface area contributed by atoms with Gasteiger partial charge in [0.1, 0.15) is 0 Å². The molecule has 4 nitrogen and oxygen atoms in total. The average molecular weight is 254 g/mol. The van der Waals surface area contributed by atoms with E-state index in [4.69, 9.17) is 0 Å². The van der Waals surface area contributed by atoms with Crippen molar-refractivity contribution in [3.05, 3.63) is 42.5 Å². The van der Waals surface area contributed by atoms with E-state index < -0.39 is 0 Å². The van der Waals surface area contributed by atoms with Gasteiger partial charge in [-0.25, -0.2) is 0 Å². The van der Waals surface area contributed by atoms with Crippen molar-refractivity contribution < 1.29 is 9.59 Å². The number of para-hydroxylation sites is 1. The molecule has 0 aromatic heterocycles. The molecule has 2 aliphatic carbocycles. The van der Waals surface area contributed by atoms with Crippen LogP contribution in [0.2, 0.25) is 0 Å². The van der Waals surface area contributed by atoms with Crippen LogP contribution in [0.1, 0.15) is 6.42 Å². The molecule has 4 atom stereocenters. The Bertz CT molecular complexity index is 551. The van der Waals surface area contributed by atoms with Crippen LogP contribution in [0.3, 0.4) is 0 Å². The fourth-order valence-corrected chi connectivity index (χ4v) is 3.65. The Morgan fingerprint density at radius 3 is 2.11 bits per heavy atom. The molecule has 1 aromatic carbocycles. The van der Waals surface area contributed by atoms with Gasteiger partial charge in [0.05, 0.1) is 17.5 Å². The van der Waals surface area contributed by atoms with Gasteiger partial charge in [-0.2, -0.15) is 5.01 Å². The Morgan fingerprint density at radius 1 is 0.947 bits per heavy atom. The number of amides is 2. The average Bonchev–Trinajstić information content (AvgIpc) is 3.10. The van der Waals surface area contributed by atoms with Gasteiger partial charge in [-0.15, -0.1) is 0 Å². The molecule has 1 aromatic rings. The maximum absolute atomic E-state index is 12.4. The first-order chi connectivity index (χ1) is 9.25. The lowest BCUT2D eigenvalue weighted by Crippen LogP contribution is -2.37. The van der Waals surface area contributed by atoms with Crippen LogP contribution < -0.4 is 5.43 Å². The third-order valence-electron chi connectivity index (χ3n) is 4.49. The normalized spacial score (nSPS) is 35.1. The van der Waals surface area contributed by atoms with Crippen molar-refractivity contribution in [2.75, 3.05) is 5.43 Å². The molecule has 1 N–H and O–H groups in total. The summed E-state index contributed by atoms with van der Waals surface area (Å²) in [4.78, 5) is 24.8. The van der Waals surface area contributed by atoms with E-state index in [0.717, 1.165) is 12.1 Å². The first-order valence-corrected chi connectivity index (χ1v) is 6.63. The van der Waals surface area contributed by atoms with Crippen LogP contribution in [0.15, 0.2) is 42.5 Å². The minimum absolute atomic E-state index is 0.0734. The quantitative estimate of drug-likeness (QED) is 0.647. The van der Waals surface area contributed by atoms with Gasteiger partial charge in [0.25, 0.3) is 11.8 Å². The van der Waals surface area contributed by atoms with Crippen molar-refractivity contribution in [1.82, 2.24) is 5.01 Å². The van der Waals surface area contributed by atoms with E-state index in [1.807, 2.05) is 30.3 Å². The molecule has 1 saturated carbocycles. The number of hydrogen-bond acceptors (Lipinski definition) is 3. The van der Waals surface area contributed by atoms with Crippen LogP contribution in [-0.4, -0.2) is 16.8 Å². The van der Waals surface area contributed by atoms with E-state index in [0.29, 0.717) is 0 Å². The Hall–Kier alpha value is -2.10. The molecule has 0 unspecified atom stereocenters. The van der Waals surface area contributed by atoms with Crippen LogP contribution in [0.5, 0.6) is 0 Å². The molecule has 4 rings (SSSR count). The number of carbonyl (C=O) groups excluding carboxylic acids is 2. The van der Waals surface area contributed by atoms with Crippen molar-refractivity contribution in [1.29, 1.82) is 0 Å². The number of carbonyl (C=O) groups is 2. The van der Waals surface area contributed by atoms with Crippen LogP contribution in [0.25, 0.3) is 0 Å². The Labute approximate surface area is 111 Å². The molecule has 3 aliphatic rings. The second-order valence-corrected chi connectivity index (χ2v) is 5.49. The summed E-state index contributed by atoms with van der Waals surface area (Å²) >= 11 is 0. The highest BCUT2D eigenvalue weighted by molar-refractivity contribution is 6.07. The highest BCUT2D eigenvalue weighted by Gasteiger charge is 2.59. The maximum atomic E-state index is 12.4. The second-order valence-electron chi connectivity index (χ2n) is 5.49. The standard InChI is InChI=1S/C15H14N2O2/c18-14-12-9-6-7-10(8-9)13(12)15(19)17(14)16-11-4-2-1-3-5-11/h1-7,9-10,12-13,16H,8H2/t9-,10-,12+,13+/m1/s1. The smallest absolute Gasteiger partial charge is 0.252 e. The zero-order valence-electron chi connectivity index (χ0n) is 10.3. The molecule has 1 heterocycles. The largest absolute Gasteiger partial charge is 0.289 e. The summed E-state index contributed by atoms with van der Waals surface area (Å²) in [6.07, 6.45) is 5.16. The van der Waals surface area contributed by atoms with Gasteiger partial charge in [-0.3, -0.25) is 15.0 Å².